The van der Waals surface area contributed by atoms with Crippen LogP contribution in [0.2, 0.25) is 0 Å². The molecule has 1 N–H and O–H groups in total. The molecular weight excluding hydrogens is 264 g/mol. The molecule has 0 aliphatic heterocycles. The van der Waals surface area contributed by atoms with Crippen LogP contribution in [0.15, 0.2) is 12.2 Å². The van der Waals surface area contributed by atoms with Gasteiger partial charge in [0.2, 0.25) is 0 Å². The van der Waals surface area contributed by atoms with E-state index >= 15 is 0 Å². The average Bonchev–Trinajstić information content (AvgIpc) is 2.46. The molecule has 0 fully saturated rings. The monoisotopic (exact) mass is 298 g/mol. The third kappa shape index (κ3) is 19.2. The second kappa shape index (κ2) is 17.2. The van der Waals surface area contributed by atoms with Gasteiger partial charge in [0.15, 0.2) is 0 Å². The summed E-state index contributed by atoms with van der Waals surface area (Å²) in [6.07, 6.45) is 18.9. The van der Waals surface area contributed by atoms with Crippen molar-refractivity contribution in [2.75, 3.05) is 13.2 Å². The van der Waals surface area contributed by atoms with Gasteiger partial charge in [-0.2, -0.15) is 0 Å². The zero-order valence-electron chi connectivity index (χ0n) is 13.8. The number of hydrogen-bond donors (Lipinski definition) is 1. The van der Waals surface area contributed by atoms with Crippen LogP contribution in [0.4, 0.5) is 0 Å². The minimum Gasteiger partial charge on any atom is -0.466 e. The van der Waals surface area contributed by atoms with Gasteiger partial charge in [-0.3, -0.25) is 4.79 Å². The standard InChI is InChI=1S/C18H34O3/c1-18(20)21-17-15-13-11-9-7-5-3-2-4-6-8-10-12-14-16-19/h10,12,19H,2-9,11,13-17H2,1H3. The molecule has 0 amide bonds. The summed E-state index contributed by atoms with van der Waals surface area (Å²) in [4.78, 5) is 10.6. The van der Waals surface area contributed by atoms with E-state index < -0.39 is 0 Å². The molecule has 0 radical (unpaired) electrons. The number of rotatable bonds is 15. The van der Waals surface area contributed by atoms with Gasteiger partial charge in [-0.15, -0.1) is 0 Å². The van der Waals surface area contributed by atoms with E-state index in [-0.39, 0.29) is 12.6 Å². The number of unbranched alkanes of at least 4 members (excludes halogenated alkanes) is 10. The van der Waals surface area contributed by atoms with Crippen molar-refractivity contribution >= 4 is 5.97 Å². The molecule has 0 aliphatic carbocycles. The number of ether oxygens (including phenoxy) is 1. The second-order valence-electron chi connectivity index (χ2n) is 5.65. The smallest absolute Gasteiger partial charge is 0.302 e. The Bertz CT molecular complexity index is 249. The maximum Gasteiger partial charge on any atom is 0.302 e. The third-order valence-electron chi connectivity index (χ3n) is 3.53. The van der Waals surface area contributed by atoms with Crippen molar-refractivity contribution < 1.29 is 14.6 Å². The lowest BCUT2D eigenvalue weighted by molar-refractivity contribution is -0.141. The molecule has 3 nitrogen and oxygen atoms in total. The first kappa shape index (κ1) is 20.2. The lowest BCUT2D eigenvalue weighted by atomic mass is 10.1. The Hall–Kier alpha value is -0.830. The van der Waals surface area contributed by atoms with E-state index in [0.29, 0.717) is 6.61 Å². The highest BCUT2D eigenvalue weighted by molar-refractivity contribution is 5.65. The Morgan fingerprint density at radius 1 is 0.810 bits per heavy atom. The summed E-state index contributed by atoms with van der Waals surface area (Å²) in [6, 6.07) is 0. The van der Waals surface area contributed by atoms with Crippen LogP contribution >= 0.6 is 0 Å². The number of esters is 1. The fourth-order valence-corrected chi connectivity index (χ4v) is 2.30. The topological polar surface area (TPSA) is 46.5 Å². The second-order valence-corrected chi connectivity index (χ2v) is 5.65. The Morgan fingerprint density at radius 2 is 1.29 bits per heavy atom. The van der Waals surface area contributed by atoms with Gasteiger partial charge in [0.1, 0.15) is 0 Å². The first-order valence-electron chi connectivity index (χ1n) is 8.66. The normalized spacial score (nSPS) is 11.1. The molecule has 0 atom stereocenters. The molecule has 0 aliphatic rings. The van der Waals surface area contributed by atoms with Crippen LogP contribution in [0.5, 0.6) is 0 Å². The van der Waals surface area contributed by atoms with Crippen molar-refractivity contribution in [3.8, 4) is 0 Å². The van der Waals surface area contributed by atoms with Gasteiger partial charge in [-0.05, 0) is 25.7 Å². The molecule has 0 saturated carbocycles. The van der Waals surface area contributed by atoms with Crippen molar-refractivity contribution in [1.82, 2.24) is 0 Å². The molecule has 21 heavy (non-hydrogen) atoms. The van der Waals surface area contributed by atoms with Crippen LogP contribution in [0, 0.1) is 0 Å². The zero-order valence-corrected chi connectivity index (χ0v) is 13.8. The summed E-state index contributed by atoms with van der Waals surface area (Å²) in [5.74, 6) is -0.168. The summed E-state index contributed by atoms with van der Waals surface area (Å²) in [5.41, 5.74) is 0. The summed E-state index contributed by atoms with van der Waals surface area (Å²) >= 11 is 0. The van der Waals surface area contributed by atoms with Gasteiger partial charge in [0, 0.05) is 13.5 Å². The van der Waals surface area contributed by atoms with E-state index in [1.54, 1.807) is 0 Å². The van der Waals surface area contributed by atoms with Gasteiger partial charge >= 0.3 is 5.97 Å². The lowest BCUT2D eigenvalue weighted by Crippen LogP contribution is -2.00. The lowest BCUT2D eigenvalue weighted by Gasteiger charge is -2.03. The fraction of sp³-hybridized carbons (Fsp3) is 0.833. The maximum atomic E-state index is 10.6. The summed E-state index contributed by atoms with van der Waals surface area (Å²) in [7, 11) is 0. The molecule has 0 aromatic carbocycles. The largest absolute Gasteiger partial charge is 0.466 e. The van der Waals surface area contributed by atoms with Gasteiger partial charge in [0.25, 0.3) is 0 Å². The molecule has 0 heterocycles. The fourth-order valence-electron chi connectivity index (χ4n) is 2.30. The van der Waals surface area contributed by atoms with E-state index in [9.17, 15) is 4.79 Å². The van der Waals surface area contributed by atoms with E-state index in [1.807, 2.05) is 0 Å². The summed E-state index contributed by atoms with van der Waals surface area (Å²) < 4.78 is 4.90. The predicted octanol–water partition coefficient (Wildman–Crippen LogP) is 4.78. The van der Waals surface area contributed by atoms with E-state index in [1.165, 1.54) is 64.7 Å². The Balaban J connectivity index is 3.01. The summed E-state index contributed by atoms with van der Waals surface area (Å²) in [6.45, 7) is 2.31. The van der Waals surface area contributed by atoms with Crippen LogP contribution in [-0.2, 0) is 9.53 Å². The highest BCUT2D eigenvalue weighted by Crippen LogP contribution is 2.11. The quantitative estimate of drug-likeness (QED) is 0.269. The van der Waals surface area contributed by atoms with Gasteiger partial charge in [0.05, 0.1) is 6.61 Å². The van der Waals surface area contributed by atoms with Crippen molar-refractivity contribution in [1.29, 1.82) is 0 Å². The van der Waals surface area contributed by atoms with E-state index in [0.717, 1.165) is 19.3 Å². The molecule has 0 rings (SSSR count). The first-order valence-corrected chi connectivity index (χ1v) is 8.66. The molecule has 3 heteroatoms. The Labute approximate surface area is 130 Å². The minimum absolute atomic E-state index is 0.168. The van der Waals surface area contributed by atoms with Crippen LogP contribution in [0.3, 0.4) is 0 Å². The van der Waals surface area contributed by atoms with E-state index in [4.69, 9.17) is 9.84 Å². The molecule has 0 unspecified atom stereocenters. The van der Waals surface area contributed by atoms with Gasteiger partial charge in [-0.1, -0.05) is 63.5 Å². The Morgan fingerprint density at radius 3 is 1.81 bits per heavy atom. The average molecular weight is 298 g/mol. The number of aliphatic hydroxyl groups is 1. The highest BCUT2D eigenvalue weighted by Gasteiger charge is 1.95. The minimum atomic E-state index is -0.168. The highest BCUT2D eigenvalue weighted by atomic mass is 16.5. The number of carbonyl (C=O) groups excluding carboxylic acids is 1. The number of hydrogen-bond acceptors (Lipinski definition) is 3. The van der Waals surface area contributed by atoms with Crippen molar-refractivity contribution in [2.24, 2.45) is 0 Å². The number of allylic oxidation sites excluding steroid dienone is 1. The predicted molar refractivity (Wildman–Crippen MR) is 88.3 cm³/mol. The van der Waals surface area contributed by atoms with Gasteiger partial charge in [-0.25, -0.2) is 0 Å². The van der Waals surface area contributed by atoms with Crippen LogP contribution < -0.4 is 0 Å². The molecule has 0 aromatic heterocycles. The van der Waals surface area contributed by atoms with Crippen LogP contribution in [-0.4, -0.2) is 24.3 Å². The molecular formula is C18H34O3. The molecule has 0 aromatic rings. The molecule has 0 spiro atoms. The number of aliphatic hydroxyl groups excluding tert-OH is 1. The molecule has 0 bridgehead atoms. The molecule has 0 saturated heterocycles. The maximum absolute atomic E-state index is 10.6. The van der Waals surface area contributed by atoms with Crippen LogP contribution in [0.1, 0.15) is 84.0 Å². The molecule has 124 valence electrons. The van der Waals surface area contributed by atoms with Gasteiger partial charge < -0.3 is 9.84 Å². The zero-order chi connectivity index (χ0) is 15.6. The van der Waals surface area contributed by atoms with Crippen LogP contribution in [0.25, 0.3) is 0 Å². The van der Waals surface area contributed by atoms with Crippen molar-refractivity contribution in [2.45, 2.75) is 84.0 Å². The number of carbonyl (C=O) groups is 1. The first-order chi connectivity index (χ1) is 10.3. The summed E-state index contributed by atoms with van der Waals surface area (Å²) in [5, 5.41) is 8.62. The van der Waals surface area contributed by atoms with Crippen molar-refractivity contribution in [3.05, 3.63) is 12.2 Å². The SMILES string of the molecule is CC(=O)OCCCCCCCCCCCCC=CCCO. The Kier molecular flexibility index (Phi) is 16.5. The van der Waals surface area contributed by atoms with E-state index in [2.05, 4.69) is 12.2 Å². The van der Waals surface area contributed by atoms with Crippen molar-refractivity contribution in [3.63, 3.8) is 0 Å². The third-order valence-corrected chi connectivity index (χ3v) is 3.53.